The lowest BCUT2D eigenvalue weighted by molar-refractivity contribution is -0.128. The van der Waals surface area contributed by atoms with Crippen molar-refractivity contribution in [3.05, 3.63) is 30.3 Å². The summed E-state index contributed by atoms with van der Waals surface area (Å²) in [4.78, 5) is 27.3. The van der Waals surface area contributed by atoms with E-state index in [9.17, 15) is 14.7 Å². The normalized spacial score (nSPS) is 30.8. The van der Waals surface area contributed by atoms with Crippen LogP contribution in [-0.4, -0.2) is 79.3 Å². The van der Waals surface area contributed by atoms with Gasteiger partial charge >= 0.3 is 0 Å². The highest BCUT2D eigenvalue weighted by Crippen LogP contribution is 2.34. The lowest BCUT2D eigenvalue weighted by Gasteiger charge is -2.42. The van der Waals surface area contributed by atoms with Crippen LogP contribution in [0.15, 0.2) is 30.3 Å². The van der Waals surface area contributed by atoms with Crippen LogP contribution in [0.5, 0.6) is 5.75 Å². The van der Waals surface area contributed by atoms with Crippen LogP contribution in [0, 0.1) is 11.8 Å². The van der Waals surface area contributed by atoms with Crippen molar-refractivity contribution in [1.29, 1.82) is 0 Å². The Balaban J connectivity index is 1.21. The van der Waals surface area contributed by atoms with Crippen LogP contribution in [0.3, 0.4) is 0 Å². The van der Waals surface area contributed by atoms with Crippen molar-refractivity contribution in [2.75, 3.05) is 33.3 Å². The van der Waals surface area contributed by atoms with E-state index in [0.717, 1.165) is 45.2 Å². The summed E-state index contributed by atoms with van der Waals surface area (Å²) in [5.41, 5.74) is 6.50. The van der Waals surface area contributed by atoms with Crippen LogP contribution >= 0.6 is 0 Å². The molecule has 4 rings (SSSR count). The Morgan fingerprint density at radius 2 is 2.00 bits per heavy atom. The fourth-order valence-corrected chi connectivity index (χ4v) is 5.47. The number of para-hydroxylation sites is 1. The summed E-state index contributed by atoms with van der Waals surface area (Å²) in [5, 5.41) is 15.8. The quantitative estimate of drug-likeness (QED) is 0.372. The number of aliphatic hydroxyl groups is 1. The second-order valence-electron chi connectivity index (χ2n) is 9.47. The summed E-state index contributed by atoms with van der Waals surface area (Å²) in [6.07, 6.45) is 4.13. The second kappa shape index (κ2) is 11.3. The smallest absolute Gasteiger partial charge is 0.238 e. The number of hydrazine groups is 1. The van der Waals surface area contributed by atoms with Gasteiger partial charge in [-0.3, -0.25) is 19.9 Å². The minimum absolute atomic E-state index is 0.00693. The summed E-state index contributed by atoms with van der Waals surface area (Å²) in [7, 11) is 1.68. The Morgan fingerprint density at radius 1 is 1.18 bits per heavy atom. The van der Waals surface area contributed by atoms with Gasteiger partial charge in [0.15, 0.2) is 0 Å². The van der Waals surface area contributed by atoms with E-state index in [-0.39, 0.29) is 43.0 Å². The molecule has 5 N–H and O–H groups in total. The monoisotopic (exact) mass is 459 g/mol. The van der Waals surface area contributed by atoms with Crippen molar-refractivity contribution < 1.29 is 19.4 Å². The first-order chi connectivity index (χ1) is 16.0. The molecule has 5 unspecified atom stereocenters. The molecule has 2 heterocycles. The number of amides is 2. The van der Waals surface area contributed by atoms with E-state index in [1.807, 2.05) is 30.3 Å². The molecule has 3 aliphatic rings. The zero-order chi connectivity index (χ0) is 23.2. The number of aliphatic hydroxyl groups excluding tert-OH is 1. The number of nitrogens with one attached hydrogen (secondary N) is 4. The Morgan fingerprint density at radius 3 is 2.79 bits per heavy atom. The van der Waals surface area contributed by atoms with Crippen molar-refractivity contribution in [3.63, 3.8) is 0 Å². The summed E-state index contributed by atoms with van der Waals surface area (Å²) >= 11 is 0. The molecule has 0 radical (unpaired) electrons. The Bertz CT molecular complexity index is 794. The number of piperidine rings is 1. The average molecular weight is 460 g/mol. The number of fused-ring (bicyclic) bond motifs is 1. The molecule has 2 aliphatic heterocycles. The topological polar surface area (TPSA) is 115 Å². The van der Waals surface area contributed by atoms with E-state index in [2.05, 4.69) is 26.4 Å². The van der Waals surface area contributed by atoms with E-state index in [1.54, 1.807) is 7.05 Å². The number of benzene rings is 1. The summed E-state index contributed by atoms with van der Waals surface area (Å²) in [5.74, 6) is 0.998. The summed E-state index contributed by atoms with van der Waals surface area (Å²) < 4.78 is 5.56. The highest BCUT2D eigenvalue weighted by atomic mass is 16.5. The molecule has 33 heavy (non-hydrogen) atoms. The van der Waals surface area contributed by atoms with Crippen LogP contribution in [-0.2, 0) is 9.59 Å². The molecule has 1 saturated carbocycles. The number of hydrogen-bond acceptors (Lipinski definition) is 7. The molecule has 1 aromatic rings. The van der Waals surface area contributed by atoms with Gasteiger partial charge < -0.3 is 20.5 Å². The first-order valence-electron chi connectivity index (χ1n) is 12.2. The molecule has 9 heteroatoms. The lowest BCUT2D eigenvalue weighted by atomic mass is 9.78. The van der Waals surface area contributed by atoms with Crippen LogP contribution in [0.4, 0.5) is 0 Å². The third-order valence-electron chi connectivity index (χ3n) is 7.29. The number of hydrogen-bond donors (Lipinski definition) is 5. The van der Waals surface area contributed by atoms with Gasteiger partial charge in [-0.25, -0.2) is 5.43 Å². The van der Waals surface area contributed by atoms with Gasteiger partial charge in [0.1, 0.15) is 24.5 Å². The first kappa shape index (κ1) is 23.9. The maximum Gasteiger partial charge on any atom is 0.238 e. The summed E-state index contributed by atoms with van der Waals surface area (Å²) in [6.45, 7) is 2.08. The van der Waals surface area contributed by atoms with Crippen molar-refractivity contribution in [2.45, 2.75) is 56.3 Å². The maximum atomic E-state index is 12.8. The molecule has 2 saturated heterocycles. The van der Waals surface area contributed by atoms with Crippen molar-refractivity contribution >= 4 is 11.8 Å². The predicted octanol–water partition coefficient (Wildman–Crippen LogP) is 0.0142. The number of rotatable bonds is 8. The number of carbonyl (C=O) groups excluding carboxylic acids is 2. The molecule has 9 nitrogen and oxygen atoms in total. The predicted molar refractivity (Wildman–Crippen MR) is 124 cm³/mol. The molecule has 2 amide bonds. The zero-order valence-electron chi connectivity index (χ0n) is 19.3. The number of likely N-dealkylation sites (tertiary alicyclic amines) is 1. The average Bonchev–Trinajstić information content (AvgIpc) is 3.29. The van der Waals surface area contributed by atoms with Crippen LogP contribution < -0.4 is 26.2 Å². The van der Waals surface area contributed by atoms with E-state index in [4.69, 9.17) is 4.74 Å². The van der Waals surface area contributed by atoms with Gasteiger partial charge in [0.05, 0.1) is 5.92 Å². The molecule has 0 spiro atoms. The molecule has 0 bridgehead atoms. The van der Waals surface area contributed by atoms with Crippen molar-refractivity contribution in [3.8, 4) is 5.75 Å². The maximum absolute atomic E-state index is 12.8. The van der Waals surface area contributed by atoms with E-state index >= 15 is 0 Å². The van der Waals surface area contributed by atoms with Crippen LogP contribution in [0.2, 0.25) is 0 Å². The van der Waals surface area contributed by atoms with Gasteiger partial charge in [-0.15, -0.1) is 0 Å². The van der Waals surface area contributed by atoms with Gasteiger partial charge in [0.2, 0.25) is 11.8 Å². The van der Waals surface area contributed by atoms with Gasteiger partial charge in [-0.2, -0.15) is 0 Å². The first-order valence-corrected chi connectivity index (χ1v) is 12.2. The van der Waals surface area contributed by atoms with Gasteiger partial charge in [-0.1, -0.05) is 18.2 Å². The number of nitrogens with zero attached hydrogens (tertiary/aromatic N) is 1. The molecule has 0 aromatic heterocycles. The number of ether oxygens (including phenoxy) is 1. The fraction of sp³-hybridized carbons (Fsp3) is 0.667. The van der Waals surface area contributed by atoms with Gasteiger partial charge in [0, 0.05) is 38.1 Å². The number of likely N-dealkylation sites (N-methyl/N-ethyl adjacent to an activating group) is 1. The Labute approximate surface area is 195 Å². The second-order valence-corrected chi connectivity index (χ2v) is 9.47. The molecule has 182 valence electrons. The SMILES string of the molecule is CNC(=O)C1NNC2CC(N3CCCC(C(=O)NC[C@@H](O)COc4ccccc4)C3)CCC21. The van der Waals surface area contributed by atoms with E-state index in [0.29, 0.717) is 17.7 Å². The third kappa shape index (κ3) is 6.03. The minimum atomic E-state index is -0.752. The third-order valence-corrected chi connectivity index (χ3v) is 7.29. The molecular formula is C24H37N5O4. The Hall–Kier alpha value is -2.20. The largest absolute Gasteiger partial charge is 0.491 e. The molecule has 1 aromatic carbocycles. The van der Waals surface area contributed by atoms with Crippen molar-refractivity contribution in [2.24, 2.45) is 11.8 Å². The van der Waals surface area contributed by atoms with Gasteiger partial charge in [0.25, 0.3) is 0 Å². The molecular weight excluding hydrogens is 422 g/mol. The van der Waals surface area contributed by atoms with Gasteiger partial charge in [-0.05, 0) is 50.8 Å². The zero-order valence-corrected chi connectivity index (χ0v) is 19.3. The van der Waals surface area contributed by atoms with Crippen molar-refractivity contribution in [1.82, 2.24) is 26.4 Å². The van der Waals surface area contributed by atoms with Crippen LogP contribution in [0.25, 0.3) is 0 Å². The van der Waals surface area contributed by atoms with E-state index in [1.165, 1.54) is 0 Å². The fourth-order valence-electron chi connectivity index (χ4n) is 5.47. The van der Waals surface area contributed by atoms with Crippen LogP contribution in [0.1, 0.15) is 32.1 Å². The minimum Gasteiger partial charge on any atom is -0.491 e. The van der Waals surface area contributed by atoms with E-state index < -0.39 is 6.10 Å². The highest BCUT2D eigenvalue weighted by molar-refractivity contribution is 5.82. The number of carbonyl (C=O) groups is 2. The molecule has 6 atom stereocenters. The standard InChI is InChI=1S/C24H37N5O4/c1-25-24(32)22-20-10-9-17(12-21(20)27-28-22)29-11-5-6-16(14-29)23(31)26-13-18(30)15-33-19-7-3-2-4-8-19/h2-4,7-8,16-18,20-22,27-28,30H,5-6,9-15H2,1H3,(H,25,32)(H,26,31)/t16?,17?,18-,20?,21?,22?/m1/s1. The lowest BCUT2D eigenvalue weighted by Crippen LogP contribution is -2.52. The summed E-state index contributed by atoms with van der Waals surface area (Å²) in [6, 6.07) is 9.87. The Kier molecular flexibility index (Phi) is 8.19. The molecule has 1 aliphatic carbocycles. The molecule has 3 fully saturated rings. The highest BCUT2D eigenvalue weighted by Gasteiger charge is 2.44.